The van der Waals surface area contributed by atoms with Gasteiger partial charge in [-0.05, 0) is 47.9 Å². The number of nitrogens with one attached hydrogen (secondary N) is 1. The Morgan fingerprint density at radius 2 is 1.86 bits per heavy atom. The maximum atomic E-state index is 13.1. The second-order valence-electron chi connectivity index (χ2n) is 6.81. The standard InChI is InChI=1S/C23H20FN3O/c1-16-4-2-3-5-19(16)13-25-23(28)18-8-9-20-14-26-27(22(20)12-18)15-17-6-10-21(24)11-7-17/h2-12,14H,13,15H2,1H3,(H,25,28). The number of carbonyl (C=O) groups excluding carboxylic acids is 1. The molecule has 0 fully saturated rings. The van der Waals surface area contributed by atoms with Crippen LogP contribution in [-0.4, -0.2) is 15.7 Å². The maximum Gasteiger partial charge on any atom is 0.251 e. The number of hydrogen-bond acceptors (Lipinski definition) is 2. The number of carbonyl (C=O) groups is 1. The average molecular weight is 373 g/mol. The summed E-state index contributed by atoms with van der Waals surface area (Å²) in [6.07, 6.45) is 1.77. The number of amides is 1. The van der Waals surface area contributed by atoms with Crippen molar-refractivity contribution in [1.29, 1.82) is 0 Å². The molecule has 1 N–H and O–H groups in total. The smallest absolute Gasteiger partial charge is 0.251 e. The van der Waals surface area contributed by atoms with Crippen LogP contribution >= 0.6 is 0 Å². The van der Waals surface area contributed by atoms with E-state index in [9.17, 15) is 9.18 Å². The van der Waals surface area contributed by atoms with Gasteiger partial charge in [-0.15, -0.1) is 0 Å². The lowest BCUT2D eigenvalue weighted by atomic mass is 10.1. The Hall–Kier alpha value is -3.47. The van der Waals surface area contributed by atoms with Crippen LogP contribution in [0.15, 0.2) is 72.9 Å². The van der Waals surface area contributed by atoms with E-state index >= 15 is 0 Å². The lowest BCUT2D eigenvalue weighted by molar-refractivity contribution is 0.0951. The van der Waals surface area contributed by atoms with Crippen LogP contribution in [0.1, 0.15) is 27.0 Å². The molecule has 0 atom stereocenters. The molecule has 0 bridgehead atoms. The second kappa shape index (κ2) is 7.64. The van der Waals surface area contributed by atoms with Gasteiger partial charge in [-0.1, -0.05) is 42.5 Å². The van der Waals surface area contributed by atoms with Crippen molar-refractivity contribution in [2.45, 2.75) is 20.0 Å². The summed E-state index contributed by atoms with van der Waals surface area (Å²) in [4.78, 5) is 12.6. The van der Waals surface area contributed by atoms with Crippen LogP contribution in [-0.2, 0) is 13.1 Å². The second-order valence-corrected chi connectivity index (χ2v) is 6.81. The van der Waals surface area contributed by atoms with Gasteiger partial charge in [-0.25, -0.2) is 4.39 Å². The van der Waals surface area contributed by atoms with E-state index in [4.69, 9.17) is 0 Å². The van der Waals surface area contributed by atoms with Gasteiger partial charge in [0, 0.05) is 17.5 Å². The van der Waals surface area contributed by atoms with E-state index in [-0.39, 0.29) is 11.7 Å². The molecule has 0 saturated heterocycles. The minimum atomic E-state index is -0.262. The highest BCUT2D eigenvalue weighted by molar-refractivity contribution is 5.97. The monoisotopic (exact) mass is 373 g/mol. The van der Waals surface area contributed by atoms with Crippen LogP contribution < -0.4 is 5.32 Å². The Kier molecular flexibility index (Phi) is 4.89. The first-order chi connectivity index (χ1) is 13.6. The van der Waals surface area contributed by atoms with Crippen molar-refractivity contribution >= 4 is 16.8 Å². The molecule has 1 amide bonds. The molecular weight excluding hydrogens is 353 g/mol. The van der Waals surface area contributed by atoms with E-state index in [2.05, 4.69) is 10.4 Å². The molecule has 0 aliphatic heterocycles. The number of halogens is 1. The number of fused-ring (bicyclic) bond motifs is 1. The van der Waals surface area contributed by atoms with Crippen LogP contribution in [0.5, 0.6) is 0 Å². The molecule has 1 heterocycles. The number of aryl methyl sites for hydroxylation is 1. The van der Waals surface area contributed by atoms with Crippen LogP contribution in [0.2, 0.25) is 0 Å². The molecule has 4 aromatic rings. The van der Waals surface area contributed by atoms with Crippen LogP contribution in [0.25, 0.3) is 10.9 Å². The summed E-state index contributed by atoms with van der Waals surface area (Å²) in [5, 5.41) is 8.34. The number of hydrogen-bond donors (Lipinski definition) is 1. The molecule has 4 rings (SSSR count). The van der Waals surface area contributed by atoms with E-state index < -0.39 is 0 Å². The number of nitrogens with zero attached hydrogens (tertiary/aromatic N) is 2. The summed E-state index contributed by atoms with van der Waals surface area (Å²) in [5.74, 6) is -0.388. The lowest BCUT2D eigenvalue weighted by Gasteiger charge is -2.09. The van der Waals surface area contributed by atoms with Gasteiger partial charge >= 0.3 is 0 Å². The first kappa shape index (κ1) is 17.9. The van der Waals surface area contributed by atoms with E-state index in [0.717, 1.165) is 27.6 Å². The van der Waals surface area contributed by atoms with Crippen LogP contribution in [0.3, 0.4) is 0 Å². The average Bonchev–Trinajstić information content (AvgIpc) is 3.11. The van der Waals surface area contributed by atoms with Crippen molar-refractivity contribution in [2.75, 3.05) is 0 Å². The molecular formula is C23H20FN3O. The Balaban J connectivity index is 1.54. The normalized spacial score (nSPS) is 10.9. The molecule has 0 radical (unpaired) electrons. The van der Waals surface area contributed by atoms with Gasteiger partial charge in [-0.2, -0.15) is 5.10 Å². The zero-order valence-electron chi connectivity index (χ0n) is 15.5. The predicted molar refractivity (Wildman–Crippen MR) is 108 cm³/mol. The first-order valence-corrected chi connectivity index (χ1v) is 9.13. The summed E-state index contributed by atoms with van der Waals surface area (Å²) < 4.78 is 14.9. The van der Waals surface area contributed by atoms with Gasteiger partial charge in [0.15, 0.2) is 0 Å². The largest absolute Gasteiger partial charge is 0.348 e. The van der Waals surface area contributed by atoms with Gasteiger partial charge in [-0.3, -0.25) is 9.48 Å². The molecule has 0 aliphatic carbocycles. The summed E-state index contributed by atoms with van der Waals surface area (Å²) in [5.41, 5.74) is 4.64. The molecule has 0 unspecified atom stereocenters. The lowest BCUT2D eigenvalue weighted by Crippen LogP contribution is -2.23. The van der Waals surface area contributed by atoms with E-state index in [1.165, 1.54) is 12.1 Å². The van der Waals surface area contributed by atoms with E-state index in [0.29, 0.717) is 18.7 Å². The molecule has 28 heavy (non-hydrogen) atoms. The van der Waals surface area contributed by atoms with Crippen LogP contribution in [0, 0.1) is 12.7 Å². The van der Waals surface area contributed by atoms with Crippen molar-refractivity contribution in [3.8, 4) is 0 Å². The SMILES string of the molecule is Cc1ccccc1CNC(=O)c1ccc2cnn(Cc3ccc(F)cc3)c2c1. The third-order valence-electron chi connectivity index (χ3n) is 4.85. The molecule has 0 aliphatic rings. The summed E-state index contributed by atoms with van der Waals surface area (Å²) in [6.45, 7) is 3.03. The van der Waals surface area contributed by atoms with Crippen molar-refractivity contribution in [3.05, 3.63) is 101 Å². The van der Waals surface area contributed by atoms with Gasteiger partial charge < -0.3 is 5.32 Å². The quantitative estimate of drug-likeness (QED) is 0.561. The number of benzene rings is 3. The Morgan fingerprint density at radius 3 is 2.64 bits per heavy atom. The van der Waals surface area contributed by atoms with E-state index in [1.54, 1.807) is 24.4 Å². The molecule has 140 valence electrons. The third-order valence-corrected chi connectivity index (χ3v) is 4.85. The first-order valence-electron chi connectivity index (χ1n) is 9.13. The van der Waals surface area contributed by atoms with Gasteiger partial charge in [0.25, 0.3) is 5.91 Å². The minimum absolute atomic E-state index is 0.125. The zero-order chi connectivity index (χ0) is 19.5. The molecule has 5 heteroatoms. The maximum absolute atomic E-state index is 13.1. The molecule has 4 nitrogen and oxygen atoms in total. The van der Waals surface area contributed by atoms with E-state index in [1.807, 2.05) is 48.0 Å². The summed E-state index contributed by atoms with van der Waals surface area (Å²) >= 11 is 0. The predicted octanol–water partition coefficient (Wildman–Crippen LogP) is 4.46. The van der Waals surface area contributed by atoms with Crippen molar-refractivity contribution in [1.82, 2.24) is 15.1 Å². The topological polar surface area (TPSA) is 46.9 Å². The summed E-state index contributed by atoms with van der Waals surface area (Å²) in [7, 11) is 0. The molecule has 3 aromatic carbocycles. The fraction of sp³-hybridized carbons (Fsp3) is 0.130. The fourth-order valence-corrected chi connectivity index (χ4v) is 3.19. The Bertz CT molecular complexity index is 1130. The fourth-order valence-electron chi connectivity index (χ4n) is 3.19. The highest BCUT2D eigenvalue weighted by atomic mass is 19.1. The van der Waals surface area contributed by atoms with Crippen molar-refractivity contribution in [2.24, 2.45) is 0 Å². The number of rotatable bonds is 5. The molecule has 0 saturated carbocycles. The minimum Gasteiger partial charge on any atom is -0.348 e. The summed E-state index contributed by atoms with van der Waals surface area (Å²) in [6, 6.07) is 19.9. The van der Waals surface area contributed by atoms with Gasteiger partial charge in [0.1, 0.15) is 5.82 Å². The van der Waals surface area contributed by atoms with Crippen LogP contribution in [0.4, 0.5) is 4.39 Å². The Labute approximate surface area is 162 Å². The Morgan fingerprint density at radius 1 is 1.07 bits per heavy atom. The third kappa shape index (κ3) is 3.78. The zero-order valence-corrected chi connectivity index (χ0v) is 15.5. The highest BCUT2D eigenvalue weighted by Crippen LogP contribution is 2.18. The van der Waals surface area contributed by atoms with Gasteiger partial charge in [0.2, 0.25) is 0 Å². The van der Waals surface area contributed by atoms with Crippen molar-refractivity contribution < 1.29 is 9.18 Å². The number of aromatic nitrogens is 2. The van der Waals surface area contributed by atoms with Crippen molar-refractivity contribution in [3.63, 3.8) is 0 Å². The molecule has 1 aromatic heterocycles. The highest BCUT2D eigenvalue weighted by Gasteiger charge is 2.10. The van der Waals surface area contributed by atoms with Gasteiger partial charge in [0.05, 0.1) is 18.3 Å². The molecule has 0 spiro atoms.